The monoisotopic (exact) mass is 470 g/mol. The highest BCUT2D eigenvalue weighted by Gasteiger charge is 2.25. The van der Waals surface area contributed by atoms with Gasteiger partial charge in [-0.15, -0.1) is 0 Å². The first kappa shape index (κ1) is 24.6. The molecule has 0 aliphatic rings. The first-order valence-electron chi connectivity index (χ1n) is 10.7. The van der Waals surface area contributed by atoms with Crippen molar-refractivity contribution in [2.24, 2.45) is 5.14 Å². The molecule has 3 N–H and O–H groups in total. The summed E-state index contributed by atoms with van der Waals surface area (Å²) in [6.45, 7) is 10.0. The van der Waals surface area contributed by atoms with Crippen LogP contribution in [0.4, 0.5) is 0 Å². The van der Waals surface area contributed by atoms with Crippen LogP contribution in [-0.2, 0) is 27.7 Å². The molecule has 2 heterocycles. The summed E-state index contributed by atoms with van der Waals surface area (Å²) in [6, 6.07) is 9.51. The zero-order valence-electron chi connectivity index (χ0n) is 19.5. The predicted molar refractivity (Wildman–Crippen MR) is 127 cm³/mol. The molecule has 0 bridgehead atoms. The summed E-state index contributed by atoms with van der Waals surface area (Å²) in [4.78, 5) is 16.3. The quantitative estimate of drug-likeness (QED) is 0.491. The number of carboxylic acid groups (broad SMARTS) is 1. The van der Waals surface area contributed by atoms with Crippen molar-refractivity contribution < 1.29 is 18.8 Å². The Bertz CT molecular complexity index is 1190. The molecule has 0 radical (unpaired) electrons. The Morgan fingerprint density at radius 3 is 2.64 bits per heavy atom. The number of benzene rings is 1. The minimum Gasteiger partial charge on any atom is -0.481 e. The molecule has 0 spiro atoms. The molecule has 1 unspecified atom stereocenters. The van der Waals surface area contributed by atoms with Crippen LogP contribution < -0.4 is 9.88 Å². The molecule has 33 heavy (non-hydrogen) atoms. The Kier molecular flexibility index (Phi) is 7.34. The van der Waals surface area contributed by atoms with Gasteiger partial charge in [-0.3, -0.25) is 9.48 Å². The lowest BCUT2D eigenvalue weighted by Crippen LogP contribution is -2.34. The molecule has 8 nitrogen and oxygen atoms in total. The van der Waals surface area contributed by atoms with Crippen molar-refractivity contribution in [2.75, 3.05) is 6.61 Å². The van der Waals surface area contributed by atoms with E-state index >= 15 is 0 Å². The van der Waals surface area contributed by atoms with E-state index in [-0.39, 0.29) is 18.9 Å². The van der Waals surface area contributed by atoms with Crippen LogP contribution in [0.15, 0.2) is 47.6 Å². The number of ether oxygens (including phenoxy) is 1. The summed E-state index contributed by atoms with van der Waals surface area (Å²) in [5, 5.41) is 19.4. The molecule has 0 aliphatic heterocycles. The first-order chi connectivity index (χ1) is 15.5. The van der Waals surface area contributed by atoms with Gasteiger partial charge in [0, 0.05) is 18.5 Å². The lowest BCUT2D eigenvalue weighted by atomic mass is 9.89. The molecule has 9 heteroatoms. The number of hydrogen-bond acceptors (Lipinski definition) is 5. The van der Waals surface area contributed by atoms with Crippen molar-refractivity contribution in [2.45, 2.75) is 57.4 Å². The maximum atomic E-state index is 11.7. The van der Waals surface area contributed by atoms with E-state index in [1.54, 1.807) is 24.0 Å². The number of rotatable bonds is 9. The van der Waals surface area contributed by atoms with Gasteiger partial charge in [0.05, 0.1) is 22.5 Å². The van der Waals surface area contributed by atoms with Crippen LogP contribution in [0.1, 0.15) is 50.4 Å². The van der Waals surface area contributed by atoms with Crippen molar-refractivity contribution in [3.8, 4) is 17.0 Å². The van der Waals surface area contributed by atoms with Gasteiger partial charge < -0.3 is 9.84 Å². The van der Waals surface area contributed by atoms with Crippen LogP contribution in [0.2, 0.25) is 0 Å². The molecular formula is C24H30N4O4S. The molecule has 3 aromatic rings. The highest BCUT2D eigenvalue weighted by atomic mass is 32.2. The number of hydrogen-bond donors (Lipinski definition) is 2. The third-order valence-electron chi connectivity index (χ3n) is 5.47. The topological polar surface area (TPSA) is 120 Å². The fourth-order valence-corrected chi connectivity index (χ4v) is 4.22. The van der Waals surface area contributed by atoms with Gasteiger partial charge in [0.1, 0.15) is 17.6 Å². The van der Waals surface area contributed by atoms with Crippen LogP contribution >= 0.6 is 0 Å². The van der Waals surface area contributed by atoms with Crippen molar-refractivity contribution in [1.29, 1.82) is 0 Å². The highest BCUT2D eigenvalue weighted by molar-refractivity contribution is 7.82. The van der Waals surface area contributed by atoms with Crippen molar-refractivity contribution >= 4 is 17.0 Å². The summed E-state index contributed by atoms with van der Waals surface area (Å²) < 4.78 is 19.4. The van der Waals surface area contributed by atoms with Gasteiger partial charge in [0.25, 0.3) is 0 Å². The van der Waals surface area contributed by atoms with Gasteiger partial charge in [-0.2, -0.15) is 5.10 Å². The van der Waals surface area contributed by atoms with Crippen LogP contribution in [0.25, 0.3) is 11.1 Å². The number of aryl methyl sites for hydroxylation is 1. The van der Waals surface area contributed by atoms with Gasteiger partial charge in [0.15, 0.2) is 0 Å². The third-order valence-corrected chi connectivity index (χ3v) is 6.31. The maximum Gasteiger partial charge on any atom is 0.307 e. The first-order valence-corrected chi connectivity index (χ1v) is 11.9. The molecule has 0 saturated carbocycles. The number of carboxylic acids is 1. The Hall–Kier alpha value is -3.04. The molecule has 0 fully saturated rings. The normalized spacial score (nSPS) is 12.7. The molecular weight excluding hydrogens is 440 g/mol. The summed E-state index contributed by atoms with van der Waals surface area (Å²) in [5.74, 6) is -0.254. The summed E-state index contributed by atoms with van der Waals surface area (Å²) in [5.41, 5.74) is 3.57. The molecule has 0 saturated heterocycles. The standard InChI is InChI=1S/C24H30N4O4S/c1-15(2)18-7-6-8-19(20(18)12-23(29)30)17-9-10-26-22(11-17)32-14-24(4,5)28-13-21(33(25)31)16(3)27-28/h6-11,13,15H,12,14,25H2,1-5H3,(H,29,30). The minimum absolute atomic E-state index is 0.0568. The third kappa shape index (κ3) is 5.66. The van der Waals surface area contributed by atoms with Crippen molar-refractivity contribution in [3.63, 3.8) is 0 Å². The average Bonchev–Trinajstić information content (AvgIpc) is 3.15. The lowest BCUT2D eigenvalue weighted by molar-refractivity contribution is -0.136. The second-order valence-electron chi connectivity index (χ2n) is 8.90. The van der Waals surface area contributed by atoms with Gasteiger partial charge in [-0.25, -0.2) is 14.3 Å². The second kappa shape index (κ2) is 9.84. The van der Waals surface area contributed by atoms with Gasteiger partial charge in [0.2, 0.25) is 5.88 Å². The molecule has 1 atom stereocenters. The number of nitrogens with zero attached hydrogens (tertiary/aromatic N) is 3. The van der Waals surface area contributed by atoms with Crippen LogP contribution in [0.3, 0.4) is 0 Å². The van der Waals surface area contributed by atoms with E-state index in [2.05, 4.69) is 23.9 Å². The van der Waals surface area contributed by atoms with Gasteiger partial charge in [-0.1, -0.05) is 32.0 Å². The molecule has 176 valence electrons. The summed E-state index contributed by atoms with van der Waals surface area (Å²) in [6.07, 6.45) is 3.27. The highest BCUT2D eigenvalue weighted by Crippen LogP contribution is 2.32. The smallest absolute Gasteiger partial charge is 0.307 e. The summed E-state index contributed by atoms with van der Waals surface area (Å²) in [7, 11) is -1.61. The van der Waals surface area contributed by atoms with Crippen LogP contribution in [0, 0.1) is 6.92 Å². The number of aromatic nitrogens is 3. The van der Waals surface area contributed by atoms with Crippen molar-refractivity contribution in [3.05, 3.63) is 59.5 Å². The minimum atomic E-state index is -1.61. The van der Waals surface area contributed by atoms with E-state index in [0.717, 1.165) is 22.3 Å². The van der Waals surface area contributed by atoms with E-state index in [1.807, 2.05) is 44.2 Å². The van der Waals surface area contributed by atoms with E-state index in [0.29, 0.717) is 16.5 Å². The largest absolute Gasteiger partial charge is 0.481 e. The average molecular weight is 471 g/mol. The van der Waals surface area contributed by atoms with E-state index in [9.17, 15) is 14.1 Å². The van der Waals surface area contributed by atoms with E-state index in [4.69, 9.17) is 9.88 Å². The Labute approximate surface area is 196 Å². The summed E-state index contributed by atoms with van der Waals surface area (Å²) >= 11 is 0. The lowest BCUT2D eigenvalue weighted by Gasteiger charge is -2.25. The Balaban J connectivity index is 1.88. The second-order valence-corrected chi connectivity index (χ2v) is 9.94. The van der Waals surface area contributed by atoms with Gasteiger partial charge >= 0.3 is 5.97 Å². The molecule has 0 amide bonds. The predicted octanol–water partition coefficient (Wildman–Crippen LogP) is 3.80. The fraction of sp³-hybridized carbons (Fsp3) is 0.375. The number of aliphatic carboxylic acids is 1. The molecule has 1 aromatic carbocycles. The maximum absolute atomic E-state index is 11.7. The zero-order valence-corrected chi connectivity index (χ0v) is 20.3. The SMILES string of the molecule is Cc1nn(C(C)(C)COc2cc(-c3cccc(C(C)C)c3CC(=O)O)ccn2)cc1S(N)=O. The number of carbonyl (C=O) groups is 1. The van der Waals surface area contributed by atoms with E-state index < -0.39 is 22.5 Å². The van der Waals surface area contributed by atoms with Gasteiger partial charge in [-0.05, 0) is 55.0 Å². The molecule has 3 rings (SSSR count). The van der Waals surface area contributed by atoms with E-state index in [1.165, 1.54) is 0 Å². The number of pyridine rings is 1. The molecule has 2 aromatic heterocycles. The van der Waals surface area contributed by atoms with Crippen LogP contribution in [-0.4, -0.2) is 36.7 Å². The van der Waals surface area contributed by atoms with Crippen molar-refractivity contribution in [1.82, 2.24) is 14.8 Å². The Morgan fingerprint density at radius 1 is 1.30 bits per heavy atom. The molecule has 0 aliphatic carbocycles. The number of nitrogens with two attached hydrogens (primary N) is 1. The van der Waals surface area contributed by atoms with Crippen LogP contribution in [0.5, 0.6) is 5.88 Å². The fourth-order valence-electron chi connectivity index (χ4n) is 3.69. The Morgan fingerprint density at radius 2 is 2.03 bits per heavy atom. The zero-order chi connectivity index (χ0) is 24.3.